The molecule has 5 nitrogen and oxygen atoms in total. The third-order valence-electron chi connectivity index (χ3n) is 3.06. The minimum Gasteiger partial charge on any atom is -0.462 e. The average molecular weight is 373 g/mol. The minimum absolute atomic E-state index is 0.0925. The Hall–Kier alpha value is -1.21. The third-order valence-corrected chi connectivity index (χ3v) is 4.74. The first-order valence-corrected chi connectivity index (χ1v) is 9.30. The Labute approximate surface area is 153 Å². The summed E-state index contributed by atoms with van der Waals surface area (Å²) in [6.45, 7) is 9.98. The van der Waals surface area contributed by atoms with Crippen LogP contribution in [0.2, 0.25) is 0 Å². The largest absolute Gasteiger partial charge is 0.462 e. The molecule has 24 heavy (non-hydrogen) atoms. The maximum atomic E-state index is 11.7. The number of rotatable bonds is 7. The number of carbonyl (C=O) groups excluding carboxylic acids is 2. The molecule has 0 saturated carbocycles. The Morgan fingerprint density at radius 1 is 1.38 bits per heavy atom. The lowest BCUT2D eigenvalue weighted by Crippen LogP contribution is -2.35. The molecule has 0 saturated heterocycles. The van der Waals surface area contributed by atoms with Crippen LogP contribution >= 0.6 is 24.0 Å². The summed E-state index contributed by atoms with van der Waals surface area (Å²) in [4.78, 5) is 25.1. The van der Waals surface area contributed by atoms with E-state index in [0.29, 0.717) is 18.0 Å². The van der Waals surface area contributed by atoms with Crippen molar-refractivity contribution in [2.24, 2.45) is 0 Å². The Bertz CT molecular complexity index is 563. The van der Waals surface area contributed by atoms with Crippen LogP contribution in [0.15, 0.2) is 6.07 Å². The number of ether oxygens (including phenoxy) is 2. The number of amides is 1. The van der Waals surface area contributed by atoms with Gasteiger partial charge in [-0.2, -0.15) is 0 Å². The Morgan fingerprint density at radius 3 is 2.62 bits per heavy atom. The van der Waals surface area contributed by atoms with Gasteiger partial charge in [-0.1, -0.05) is 12.6 Å². The van der Waals surface area contributed by atoms with Crippen molar-refractivity contribution in [3.05, 3.63) is 21.4 Å². The Balaban J connectivity index is 2.43. The van der Waals surface area contributed by atoms with Gasteiger partial charge in [0.2, 0.25) is 0 Å². The molecule has 7 heteroatoms. The van der Waals surface area contributed by atoms with Gasteiger partial charge in [-0.15, -0.1) is 11.3 Å². The maximum Gasteiger partial charge on any atom is 0.407 e. The lowest BCUT2D eigenvalue weighted by Gasteiger charge is -2.20. The Morgan fingerprint density at radius 2 is 2.04 bits per heavy atom. The predicted octanol–water partition coefficient (Wildman–Crippen LogP) is 4.26. The average Bonchev–Trinajstić information content (AvgIpc) is 2.83. The van der Waals surface area contributed by atoms with E-state index in [0.717, 1.165) is 23.3 Å². The van der Waals surface area contributed by atoms with Crippen molar-refractivity contribution < 1.29 is 19.1 Å². The van der Waals surface area contributed by atoms with Gasteiger partial charge in [0.25, 0.3) is 0 Å². The summed E-state index contributed by atoms with van der Waals surface area (Å²) in [5.41, 5.74) is 0.559. The zero-order chi connectivity index (χ0) is 18.3. The molecule has 1 atom stereocenters. The van der Waals surface area contributed by atoms with Gasteiger partial charge in [0.05, 0.1) is 6.61 Å². The van der Waals surface area contributed by atoms with Crippen LogP contribution in [-0.2, 0) is 15.9 Å². The standard InChI is InChI=1S/C17H26NO4S2/c1-6-21-15(19)14-9-11(2)13(24-14)8-7-12(23)10-18-16(20)22-17(3,4)5/h9,12H,6-8,10H2,1-5H3,(H,18,20). The van der Waals surface area contributed by atoms with Crippen molar-refractivity contribution >= 4 is 36.0 Å². The van der Waals surface area contributed by atoms with Gasteiger partial charge < -0.3 is 14.8 Å². The van der Waals surface area contributed by atoms with E-state index < -0.39 is 11.7 Å². The number of nitrogens with one attached hydrogen (secondary N) is 1. The summed E-state index contributed by atoms with van der Waals surface area (Å²) in [5.74, 6) is -0.279. The molecule has 0 spiro atoms. The van der Waals surface area contributed by atoms with E-state index in [1.807, 2.05) is 33.8 Å². The molecular formula is C17H26NO4S2. The van der Waals surface area contributed by atoms with E-state index in [9.17, 15) is 9.59 Å². The van der Waals surface area contributed by atoms with E-state index in [2.05, 4.69) is 5.32 Å². The molecule has 135 valence electrons. The number of alkyl carbamates (subject to hydrolysis) is 1. The molecule has 1 aromatic heterocycles. The van der Waals surface area contributed by atoms with E-state index in [1.54, 1.807) is 6.92 Å². The van der Waals surface area contributed by atoms with Gasteiger partial charge in [-0.25, -0.2) is 9.59 Å². The van der Waals surface area contributed by atoms with E-state index in [1.165, 1.54) is 11.3 Å². The molecule has 1 heterocycles. The third kappa shape index (κ3) is 7.57. The number of thiophene rings is 1. The second kappa shape index (κ2) is 9.32. The highest BCUT2D eigenvalue weighted by molar-refractivity contribution is 7.81. The van der Waals surface area contributed by atoms with Crippen LogP contribution in [-0.4, -0.2) is 36.1 Å². The van der Waals surface area contributed by atoms with Gasteiger partial charge >= 0.3 is 12.1 Å². The molecule has 1 rings (SSSR count). The summed E-state index contributed by atoms with van der Waals surface area (Å²) in [6.07, 6.45) is 1.07. The first-order valence-electron chi connectivity index (χ1n) is 8.01. The number of aryl methyl sites for hydroxylation is 2. The molecule has 1 aromatic rings. The highest BCUT2D eigenvalue weighted by Gasteiger charge is 2.18. The summed E-state index contributed by atoms with van der Waals surface area (Å²) in [5, 5.41) is 2.60. The van der Waals surface area contributed by atoms with Crippen molar-refractivity contribution in [3.8, 4) is 0 Å². The molecule has 1 unspecified atom stereocenters. The second-order valence-electron chi connectivity index (χ2n) is 6.48. The zero-order valence-electron chi connectivity index (χ0n) is 14.9. The van der Waals surface area contributed by atoms with Gasteiger partial charge in [-0.3, -0.25) is 0 Å². The maximum absolute atomic E-state index is 11.7. The molecule has 0 aliphatic rings. The fraction of sp³-hybridized carbons (Fsp3) is 0.647. The van der Waals surface area contributed by atoms with Crippen molar-refractivity contribution in [3.63, 3.8) is 0 Å². The van der Waals surface area contributed by atoms with Gasteiger partial charge in [0, 0.05) is 16.7 Å². The fourth-order valence-corrected chi connectivity index (χ4v) is 3.26. The topological polar surface area (TPSA) is 64.6 Å². The quantitative estimate of drug-likeness (QED) is 0.727. The van der Waals surface area contributed by atoms with Gasteiger partial charge in [0.15, 0.2) is 0 Å². The van der Waals surface area contributed by atoms with Crippen molar-refractivity contribution in [2.75, 3.05) is 13.2 Å². The molecule has 1 radical (unpaired) electrons. The summed E-state index contributed by atoms with van der Waals surface area (Å²) >= 11 is 6.83. The summed E-state index contributed by atoms with van der Waals surface area (Å²) in [7, 11) is 0. The van der Waals surface area contributed by atoms with Crippen LogP contribution in [0.4, 0.5) is 4.79 Å². The van der Waals surface area contributed by atoms with Crippen LogP contribution in [0.5, 0.6) is 0 Å². The number of carbonyl (C=O) groups is 2. The molecule has 0 aromatic carbocycles. The van der Waals surface area contributed by atoms with Gasteiger partial charge in [0.1, 0.15) is 10.5 Å². The van der Waals surface area contributed by atoms with Crippen LogP contribution < -0.4 is 5.32 Å². The monoisotopic (exact) mass is 372 g/mol. The molecule has 1 N–H and O–H groups in total. The number of esters is 1. The predicted molar refractivity (Wildman–Crippen MR) is 98.9 cm³/mol. The first kappa shape index (κ1) is 20.8. The molecular weight excluding hydrogens is 346 g/mol. The second-order valence-corrected chi connectivity index (χ2v) is 8.28. The highest BCUT2D eigenvalue weighted by atomic mass is 32.1. The number of hydrogen-bond acceptors (Lipinski definition) is 5. The Kier molecular flexibility index (Phi) is 8.09. The van der Waals surface area contributed by atoms with Crippen molar-refractivity contribution in [1.29, 1.82) is 0 Å². The fourth-order valence-electron chi connectivity index (χ4n) is 1.98. The SMILES string of the molecule is CCOC(=O)c1cc(C)c(CCC([S])CNC(=O)OC(C)(C)C)s1. The van der Waals surface area contributed by atoms with E-state index in [4.69, 9.17) is 22.1 Å². The highest BCUT2D eigenvalue weighted by Crippen LogP contribution is 2.25. The lowest BCUT2D eigenvalue weighted by molar-refractivity contribution is 0.0519. The summed E-state index contributed by atoms with van der Waals surface area (Å²) in [6, 6.07) is 1.86. The van der Waals surface area contributed by atoms with E-state index in [-0.39, 0.29) is 11.2 Å². The lowest BCUT2D eigenvalue weighted by atomic mass is 10.1. The molecule has 0 aliphatic heterocycles. The van der Waals surface area contributed by atoms with E-state index >= 15 is 0 Å². The molecule has 0 bridgehead atoms. The van der Waals surface area contributed by atoms with Crippen LogP contribution in [0.3, 0.4) is 0 Å². The molecule has 0 fully saturated rings. The molecule has 1 amide bonds. The first-order chi connectivity index (χ1) is 11.1. The minimum atomic E-state index is -0.515. The number of hydrogen-bond donors (Lipinski definition) is 1. The van der Waals surface area contributed by atoms with Crippen LogP contribution in [0.1, 0.15) is 54.2 Å². The van der Waals surface area contributed by atoms with Gasteiger partial charge in [-0.05, 0) is 59.1 Å². The van der Waals surface area contributed by atoms with Crippen LogP contribution in [0.25, 0.3) is 0 Å². The normalized spacial score (nSPS) is 12.6. The van der Waals surface area contributed by atoms with Crippen molar-refractivity contribution in [1.82, 2.24) is 5.32 Å². The zero-order valence-corrected chi connectivity index (χ0v) is 16.6. The molecule has 0 aliphatic carbocycles. The van der Waals surface area contributed by atoms with Crippen LogP contribution in [0, 0.1) is 6.92 Å². The van der Waals surface area contributed by atoms with Crippen molar-refractivity contribution in [2.45, 2.75) is 58.3 Å². The summed E-state index contributed by atoms with van der Waals surface area (Å²) < 4.78 is 10.2. The smallest absolute Gasteiger partial charge is 0.407 e.